The van der Waals surface area contributed by atoms with E-state index in [2.05, 4.69) is 5.32 Å². The van der Waals surface area contributed by atoms with Crippen LogP contribution in [0.15, 0.2) is 0 Å². The quantitative estimate of drug-likeness (QED) is 0.782. The van der Waals surface area contributed by atoms with Gasteiger partial charge in [0.2, 0.25) is 5.91 Å². The van der Waals surface area contributed by atoms with E-state index in [1.807, 2.05) is 20.8 Å². The number of carbonyl (C=O) groups excluding carboxylic acids is 2. The van der Waals surface area contributed by atoms with E-state index in [1.54, 1.807) is 18.7 Å². The molecule has 1 unspecified atom stereocenters. The molecule has 98 valence electrons. The second-order valence-electron chi connectivity index (χ2n) is 5.32. The van der Waals surface area contributed by atoms with Crippen LogP contribution in [0.4, 0.5) is 0 Å². The third kappa shape index (κ3) is 4.98. The summed E-state index contributed by atoms with van der Waals surface area (Å²) in [6.07, 6.45) is 0.900. The lowest BCUT2D eigenvalue weighted by atomic mass is 10.1. The van der Waals surface area contributed by atoms with Crippen molar-refractivity contribution in [1.82, 2.24) is 5.32 Å². The molecule has 1 fully saturated rings. The van der Waals surface area contributed by atoms with Crippen molar-refractivity contribution in [1.29, 1.82) is 0 Å². The summed E-state index contributed by atoms with van der Waals surface area (Å²) in [5.74, 6) is 1.51. The largest absolute Gasteiger partial charge is 0.458 e. The Hall–Kier alpha value is -0.710. The third-order valence-electron chi connectivity index (χ3n) is 2.42. The van der Waals surface area contributed by atoms with Gasteiger partial charge in [0.05, 0.1) is 0 Å². The molecule has 1 aliphatic rings. The van der Waals surface area contributed by atoms with Gasteiger partial charge in [-0.3, -0.25) is 4.79 Å². The van der Waals surface area contributed by atoms with Crippen LogP contribution < -0.4 is 5.32 Å². The van der Waals surface area contributed by atoms with Gasteiger partial charge in [0.15, 0.2) is 0 Å². The van der Waals surface area contributed by atoms with Gasteiger partial charge in [-0.25, -0.2) is 4.79 Å². The first-order chi connectivity index (χ1) is 7.79. The zero-order valence-electron chi connectivity index (χ0n) is 10.9. The fraction of sp³-hybridized carbons (Fsp3) is 0.833. The van der Waals surface area contributed by atoms with Gasteiger partial charge in [-0.2, -0.15) is 11.8 Å². The van der Waals surface area contributed by atoms with Crippen LogP contribution in [0, 0.1) is 5.92 Å². The Bertz CT molecular complexity index is 293. The monoisotopic (exact) mass is 259 g/mol. The fourth-order valence-electron chi connectivity index (χ4n) is 1.52. The Labute approximate surface area is 107 Å². The summed E-state index contributed by atoms with van der Waals surface area (Å²) in [6.45, 7) is 7.10. The number of carbonyl (C=O) groups is 2. The highest BCUT2D eigenvalue weighted by molar-refractivity contribution is 7.99. The first-order valence-electron chi connectivity index (χ1n) is 5.90. The SMILES string of the molecule is C[C@@H](NC(=O)C1CCSC1)C(=O)OC(C)(C)C. The lowest BCUT2D eigenvalue weighted by Gasteiger charge is -2.23. The predicted octanol–water partition coefficient (Wildman–Crippen LogP) is 1.59. The molecule has 1 rings (SSSR count). The molecule has 1 aliphatic heterocycles. The normalized spacial score (nSPS) is 22.0. The average Bonchev–Trinajstić information content (AvgIpc) is 2.67. The molecule has 17 heavy (non-hydrogen) atoms. The highest BCUT2D eigenvalue weighted by Gasteiger charge is 2.28. The van der Waals surface area contributed by atoms with E-state index in [0.29, 0.717) is 0 Å². The summed E-state index contributed by atoms with van der Waals surface area (Å²) in [5.41, 5.74) is -0.515. The van der Waals surface area contributed by atoms with Crippen molar-refractivity contribution < 1.29 is 14.3 Å². The summed E-state index contributed by atoms with van der Waals surface area (Å²) < 4.78 is 5.20. The molecule has 1 amide bonds. The number of nitrogens with one attached hydrogen (secondary N) is 1. The Morgan fingerprint density at radius 2 is 2.06 bits per heavy atom. The van der Waals surface area contributed by atoms with Crippen LogP contribution in [0.2, 0.25) is 0 Å². The van der Waals surface area contributed by atoms with Crippen LogP contribution in [0.1, 0.15) is 34.1 Å². The smallest absolute Gasteiger partial charge is 0.328 e. The third-order valence-corrected chi connectivity index (χ3v) is 3.58. The molecular formula is C12H21NO3S. The van der Waals surface area contributed by atoms with E-state index < -0.39 is 11.6 Å². The molecule has 0 spiro atoms. The molecule has 1 heterocycles. The van der Waals surface area contributed by atoms with Crippen LogP contribution in [-0.2, 0) is 14.3 Å². The van der Waals surface area contributed by atoms with Crippen molar-refractivity contribution >= 4 is 23.6 Å². The molecule has 0 aliphatic carbocycles. The topological polar surface area (TPSA) is 55.4 Å². The van der Waals surface area contributed by atoms with Crippen LogP contribution in [0.5, 0.6) is 0 Å². The number of esters is 1. The van der Waals surface area contributed by atoms with Crippen molar-refractivity contribution in [3.63, 3.8) is 0 Å². The molecule has 2 atom stereocenters. The summed E-state index contributed by atoms with van der Waals surface area (Å²) in [6, 6.07) is -0.577. The summed E-state index contributed by atoms with van der Waals surface area (Å²) >= 11 is 1.78. The van der Waals surface area contributed by atoms with Gasteiger partial charge in [0.25, 0.3) is 0 Å². The maximum atomic E-state index is 11.8. The molecule has 0 radical (unpaired) electrons. The molecular weight excluding hydrogens is 238 g/mol. The Kier molecular flexibility index (Phi) is 4.86. The van der Waals surface area contributed by atoms with E-state index in [9.17, 15) is 9.59 Å². The van der Waals surface area contributed by atoms with E-state index in [1.165, 1.54) is 0 Å². The lowest BCUT2D eigenvalue weighted by Crippen LogP contribution is -2.44. The second kappa shape index (κ2) is 5.76. The standard InChI is InChI=1S/C12H21NO3S/c1-8(11(15)16-12(2,3)4)13-10(14)9-5-6-17-7-9/h8-9H,5-7H2,1-4H3,(H,13,14)/t8-,9?/m1/s1. The minimum Gasteiger partial charge on any atom is -0.458 e. The van der Waals surface area contributed by atoms with Gasteiger partial charge in [-0.1, -0.05) is 0 Å². The summed E-state index contributed by atoms with van der Waals surface area (Å²) in [7, 11) is 0. The second-order valence-corrected chi connectivity index (χ2v) is 6.47. The lowest BCUT2D eigenvalue weighted by molar-refractivity contribution is -0.158. The first-order valence-corrected chi connectivity index (χ1v) is 7.06. The van der Waals surface area contributed by atoms with Crippen molar-refractivity contribution in [3.8, 4) is 0 Å². The molecule has 0 aromatic rings. The van der Waals surface area contributed by atoms with Crippen LogP contribution in [0.25, 0.3) is 0 Å². The number of hydrogen-bond donors (Lipinski definition) is 1. The molecule has 5 heteroatoms. The summed E-state index contributed by atoms with van der Waals surface area (Å²) in [5, 5.41) is 2.72. The molecule has 0 aromatic heterocycles. The number of hydrogen-bond acceptors (Lipinski definition) is 4. The predicted molar refractivity (Wildman–Crippen MR) is 68.9 cm³/mol. The van der Waals surface area contributed by atoms with Crippen LogP contribution in [0.3, 0.4) is 0 Å². The van der Waals surface area contributed by atoms with Gasteiger partial charge < -0.3 is 10.1 Å². The highest BCUT2D eigenvalue weighted by Crippen LogP contribution is 2.23. The minimum absolute atomic E-state index is 0.0339. The molecule has 4 nitrogen and oxygen atoms in total. The number of amides is 1. The van der Waals surface area contributed by atoms with Crippen LogP contribution in [-0.4, -0.2) is 35.0 Å². The van der Waals surface area contributed by atoms with Crippen molar-refractivity contribution in [2.24, 2.45) is 5.92 Å². The fourth-order valence-corrected chi connectivity index (χ4v) is 2.74. The van der Waals surface area contributed by atoms with E-state index in [4.69, 9.17) is 4.74 Å². The molecule has 0 bridgehead atoms. The maximum Gasteiger partial charge on any atom is 0.328 e. The van der Waals surface area contributed by atoms with Gasteiger partial charge in [-0.15, -0.1) is 0 Å². The number of ether oxygens (including phenoxy) is 1. The maximum absolute atomic E-state index is 11.8. The van der Waals surface area contributed by atoms with Crippen molar-refractivity contribution in [3.05, 3.63) is 0 Å². The average molecular weight is 259 g/mol. The van der Waals surface area contributed by atoms with Gasteiger partial charge in [0, 0.05) is 11.7 Å². The Balaban J connectivity index is 2.40. The zero-order chi connectivity index (χ0) is 13.1. The highest BCUT2D eigenvalue weighted by atomic mass is 32.2. The van der Waals surface area contributed by atoms with E-state index in [-0.39, 0.29) is 17.8 Å². The summed E-state index contributed by atoms with van der Waals surface area (Å²) in [4.78, 5) is 23.5. The van der Waals surface area contributed by atoms with E-state index >= 15 is 0 Å². The van der Waals surface area contributed by atoms with Gasteiger partial charge in [0.1, 0.15) is 11.6 Å². The zero-order valence-corrected chi connectivity index (χ0v) is 11.7. The Morgan fingerprint density at radius 3 is 2.53 bits per heavy atom. The van der Waals surface area contributed by atoms with Gasteiger partial charge in [-0.05, 0) is 39.9 Å². The molecule has 1 N–H and O–H groups in total. The molecule has 1 saturated heterocycles. The molecule has 0 aromatic carbocycles. The number of thioether (sulfide) groups is 1. The first kappa shape index (κ1) is 14.4. The Morgan fingerprint density at radius 1 is 1.41 bits per heavy atom. The molecule has 0 saturated carbocycles. The van der Waals surface area contributed by atoms with Crippen LogP contribution >= 0.6 is 11.8 Å². The van der Waals surface area contributed by atoms with Gasteiger partial charge >= 0.3 is 5.97 Å². The number of rotatable bonds is 3. The van der Waals surface area contributed by atoms with Crippen molar-refractivity contribution in [2.75, 3.05) is 11.5 Å². The minimum atomic E-state index is -0.577. The van der Waals surface area contributed by atoms with E-state index in [0.717, 1.165) is 17.9 Å². The van der Waals surface area contributed by atoms with Crippen molar-refractivity contribution in [2.45, 2.75) is 45.8 Å².